The van der Waals surface area contributed by atoms with Crippen molar-refractivity contribution in [3.8, 4) is 55.6 Å². The van der Waals surface area contributed by atoms with Crippen molar-refractivity contribution in [1.82, 2.24) is 0 Å². The van der Waals surface area contributed by atoms with Crippen LogP contribution in [0.15, 0.2) is 273 Å². The molecule has 1 heterocycles. The van der Waals surface area contributed by atoms with Gasteiger partial charge >= 0.3 is 0 Å². The minimum atomic E-state index is -0.559. The van der Waals surface area contributed by atoms with Gasteiger partial charge in [0.1, 0.15) is 0 Å². The van der Waals surface area contributed by atoms with Gasteiger partial charge in [-0.3, -0.25) is 0 Å². The number of anilines is 3. The van der Waals surface area contributed by atoms with Crippen LogP contribution in [0.5, 0.6) is 0 Å². The minimum absolute atomic E-state index is 0.559. The van der Waals surface area contributed by atoms with Crippen LogP contribution in [0.25, 0.3) is 75.8 Å². The Bertz CT molecular complexity index is 3780. The van der Waals surface area contributed by atoms with Crippen LogP contribution < -0.4 is 4.90 Å². The van der Waals surface area contributed by atoms with Crippen molar-refractivity contribution in [1.29, 1.82) is 0 Å². The van der Waals surface area contributed by atoms with Crippen molar-refractivity contribution in [2.24, 2.45) is 0 Å². The van der Waals surface area contributed by atoms with Gasteiger partial charge in [0.05, 0.1) is 16.8 Å². The molecule has 0 fully saturated rings. The van der Waals surface area contributed by atoms with Gasteiger partial charge in [0.15, 0.2) is 0 Å². The van der Waals surface area contributed by atoms with Crippen LogP contribution in [0, 0.1) is 0 Å². The van der Waals surface area contributed by atoms with E-state index in [2.05, 4.69) is 278 Å². The van der Waals surface area contributed by atoms with Crippen LogP contribution in [0.1, 0.15) is 22.3 Å². The molecule has 0 aliphatic heterocycles. The molecule has 0 unspecified atom stereocenters. The highest BCUT2D eigenvalue weighted by Crippen LogP contribution is 2.60. The molecule has 12 aromatic rings. The van der Waals surface area contributed by atoms with Gasteiger partial charge in [-0.25, -0.2) is 0 Å². The molecule has 0 spiro atoms. The molecule has 1 aromatic heterocycles. The quantitative estimate of drug-likeness (QED) is 0.140. The van der Waals surface area contributed by atoms with Crippen LogP contribution in [0.4, 0.5) is 17.1 Å². The van der Waals surface area contributed by atoms with Gasteiger partial charge in [0.25, 0.3) is 0 Å². The van der Waals surface area contributed by atoms with Crippen molar-refractivity contribution in [2.45, 2.75) is 5.41 Å². The molecule has 0 bridgehead atoms. The average Bonchev–Trinajstić information content (AvgIpc) is 3.97. The molecular weight excluding hydrogens is 851 g/mol. The molecule has 0 N–H and O–H groups in total. The van der Waals surface area contributed by atoms with Crippen LogP contribution in [-0.4, -0.2) is 0 Å². The van der Waals surface area contributed by atoms with E-state index in [1.54, 1.807) is 0 Å². The molecule has 13 rings (SSSR count). The maximum absolute atomic E-state index is 2.55. The standard InChI is InChI=1S/C67H45NS/c1-5-22-46(23-6-1)52-30-13-14-31-55(52)64-53(47-24-7-2-8-25-47)34-19-38-60(64)68(51-44-42-48(43-45-51)54-35-20-41-63-65(54)57-33-16-18-40-62(57)69-63)61-39-21-37-59-66(61)56-32-15-17-36-58(56)67(59,49-26-9-3-10-27-49)50-28-11-4-12-29-50/h1-45H. The highest BCUT2D eigenvalue weighted by Gasteiger charge is 2.47. The van der Waals surface area contributed by atoms with E-state index in [9.17, 15) is 0 Å². The zero-order chi connectivity index (χ0) is 45.7. The summed E-state index contributed by atoms with van der Waals surface area (Å²) in [6.45, 7) is 0. The van der Waals surface area contributed by atoms with Crippen molar-refractivity contribution < 1.29 is 0 Å². The van der Waals surface area contributed by atoms with E-state index in [0.717, 1.165) is 17.1 Å². The number of hydrogen-bond acceptors (Lipinski definition) is 2. The molecular formula is C67H45NS. The summed E-state index contributed by atoms with van der Waals surface area (Å²) >= 11 is 1.87. The van der Waals surface area contributed by atoms with Gasteiger partial charge in [-0.1, -0.05) is 237 Å². The average molecular weight is 896 g/mol. The lowest BCUT2D eigenvalue weighted by molar-refractivity contribution is 0.768. The Kier molecular flexibility index (Phi) is 10.00. The summed E-state index contributed by atoms with van der Waals surface area (Å²) in [5, 5.41) is 2.62. The number of thiophene rings is 1. The Morgan fingerprint density at radius 1 is 0.290 bits per heavy atom. The number of benzene rings is 11. The number of fused-ring (bicyclic) bond motifs is 6. The summed E-state index contributed by atoms with van der Waals surface area (Å²) in [6.07, 6.45) is 0. The SMILES string of the molecule is c1ccc(-c2ccccc2-c2c(-c3ccccc3)cccc2N(c2ccc(-c3cccc4sc5ccccc5c34)cc2)c2cccc3c2-c2ccccc2C3(c2ccccc2)c2ccccc2)cc1. The summed E-state index contributed by atoms with van der Waals surface area (Å²) in [5.74, 6) is 0. The first-order chi connectivity index (χ1) is 34.3. The molecule has 0 radical (unpaired) electrons. The Labute approximate surface area is 407 Å². The zero-order valence-corrected chi connectivity index (χ0v) is 38.7. The normalized spacial score (nSPS) is 12.5. The Hall–Kier alpha value is -8.56. The maximum Gasteiger partial charge on any atom is 0.0714 e. The third-order valence-corrected chi connectivity index (χ3v) is 15.3. The van der Waals surface area contributed by atoms with E-state index in [-0.39, 0.29) is 0 Å². The second-order valence-corrected chi connectivity index (χ2v) is 18.9. The van der Waals surface area contributed by atoms with Crippen LogP contribution in [0.3, 0.4) is 0 Å². The smallest absolute Gasteiger partial charge is 0.0714 e. The highest BCUT2D eigenvalue weighted by atomic mass is 32.1. The monoisotopic (exact) mass is 895 g/mol. The topological polar surface area (TPSA) is 3.24 Å². The van der Waals surface area contributed by atoms with Crippen molar-refractivity contribution in [3.05, 3.63) is 295 Å². The van der Waals surface area contributed by atoms with Crippen molar-refractivity contribution in [3.63, 3.8) is 0 Å². The third kappa shape index (κ3) is 6.60. The fraction of sp³-hybridized carbons (Fsp3) is 0.0149. The second-order valence-electron chi connectivity index (χ2n) is 17.9. The van der Waals surface area contributed by atoms with Crippen LogP contribution >= 0.6 is 11.3 Å². The van der Waals surface area contributed by atoms with E-state index in [4.69, 9.17) is 0 Å². The van der Waals surface area contributed by atoms with E-state index < -0.39 is 5.41 Å². The van der Waals surface area contributed by atoms with Gasteiger partial charge in [0, 0.05) is 37.0 Å². The Morgan fingerprint density at radius 3 is 1.45 bits per heavy atom. The third-order valence-electron chi connectivity index (χ3n) is 14.2. The lowest BCUT2D eigenvalue weighted by Crippen LogP contribution is -2.28. The van der Waals surface area contributed by atoms with Gasteiger partial charge < -0.3 is 4.90 Å². The Morgan fingerprint density at radius 2 is 0.754 bits per heavy atom. The predicted octanol–water partition coefficient (Wildman–Crippen LogP) is 18.6. The summed E-state index contributed by atoms with van der Waals surface area (Å²) in [7, 11) is 0. The summed E-state index contributed by atoms with van der Waals surface area (Å²) < 4.78 is 2.61. The largest absolute Gasteiger partial charge is 0.309 e. The number of nitrogens with zero attached hydrogens (tertiary/aromatic N) is 1. The lowest BCUT2D eigenvalue weighted by Gasteiger charge is -2.35. The van der Waals surface area contributed by atoms with E-state index >= 15 is 0 Å². The highest BCUT2D eigenvalue weighted by molar-refractivity contribution is 7.25. The Balaban J connectivity index is 1.12. The van der Waals surface area contributed by atoms with Gasteiger partial charge in [0.2, 0.25) is 0 Å². The number of hydrogen-bond donors (Lipinski definition) is 0. The second kappa shape index (κ2) is 16.9. The van der Waals surface area contributed by atoms with Crippen molar-refractivity contribution in [2.75, 3.05) is 4.90 Å². The molecule has 0 amide bonds. The molecule has 69 heavy (non-hydrogen) atoms. The van der Waals surface area contributed by atoms with E-state index in [0.29, 0.717) is 0 Å². The molecule has 0 saturated carbocycles. The summed E-state index contributed by atoms with van der Waals surface area (Å²) in [5.41, 5.74) is 19.7. The maximum atomic E-state index is 2.55. The van der Waals surface area contributed by atoms with Crippen molar-refractivity contribution >= 4 is 48.6 Å². The van der Waals surface area contributed by atoms with Crippen LogP contribution in [-0.2, 0) is 5.41 Å². The first-order valence-corrected chi connectivity index (χ1v) is 24.6. The van der Waals surface area contributed by atoms with E-state index in [1.165, 1.54) is 98.1 Å². The fourth-order valence-electron chi connectivity index (χ4n) is 11.3. The molecule has 0 atom stereocenters. The van der Waals surface area contributed by atoms with Gasteiger partial charge in [-0.2, -0.15) is 0 Å². The summed E-state index contributed by atoms with van der Waals surface area (Å²) in [6, 6.07) is 101. The molecule has 2 heteroatoms. The van der Waals surface area contributed by atoms with Crippen LogP contribution in [0.2, 0.25) is 0 Å². The van der Waals surface area contributed by atoms with E-state index in [1.807, 2.05) is 11.3 Å². The lowest BCUT2D eigenvalue weighted by atomic mass is 9.68. The molecule has 0 saturated heterocycles. The minimum Gasteiger partial charge on any atom is -0.309 e. The molecule has 324 valence electrons. The molecule has 1 aliphatic carbocycles. The first-order valence-electron chi connectivity index (χ1n) is 23.8. The molecule has 1 aliphatic rings. The molecule has 1 nitrogen and oxygen atoms in total. The van der Waals surface area contributed by atoms with Gasteiger partial charge in [-0.15, -0.1) is 11.3 Å². The first kappa shape index (κ1) is 40.7. The fourth-order valence-corrected chi connectivity index (χ4v) is 12.4. The molecule has 11 aromatic carbocycles. The zero-order valence-electron chi connectivity index (χ0n) is 37.8. The summed E-state index contributed by atoms with van der Waals surface area (Å²) in [4.78, 5) is 2.55. The number of rotatable bonds is 9. The van der Waals surface area contributed by atoms with Gasteiger partial charge in [-0.05, 0) is 103 Å². The predicted molar refractivity (Wildman–Crippen MR) is 293 cm³/mol.